The van der Waals surface area contributed by atoms with Gasteiger partial charge in [-0.15, -0.1) is 0 Å². The number of carbonyl (C=O) groups excluding carboxylic acids is 1. The molecule has 0 spiro atoms. The van der Waals surface area contributed by atoms with Crippen molar-refractivity contribution < 1.29 is 13.2 Å². The summed E-state index contributed by atoms with van der Waals surface area (Å²) in [5.74, 6) is -0.239. The van der Waals surface area contributed by atoms with E-state index in [4.69, 9.17) is 0 Å². The Morgan fingerprint density at radius 3 is 2.73 bits per heavy atom. The van der Waals surface area contributed by atoms with Crippen LogP contribution in [0.25, 0.3) is 11.1 Å². The van der Waals surface area contributed by atoms with Crippen LogP contribution in [0.4, 0.5) is 0 Å². The van der Waals surface area contributed by atoms with Crippen molar-refractivity contribution in [2.75, 3.05) is 18.8 Å². The van der Waals surface area contributed by atoms with Crippen LogP contribution in [0.15, 0.2) is 36.7 Å². The van der Waals surface area contributed by atoms with Gasteiger partial charge in [0.05, 0.1) is 11.9 Å². The van der Waals surface area contributed by atoms with Crippen molar-refractivity contribution >= 4 is 15.9 Å². The van der Waals surface area contributed by atoms with Gasteiger partial charge in [-0.2, -0.15) is 5.10 Å². The lowest BCUT2D eigenvalue weighted by molar-refractivity contribution is 0.0955. The smallest absolute Gasteiger partial charge is 0.251 e. The molecule has 0 unspecified atom stereocenters. The molecule has 8 heteroatoms. The second kappa shape index (κ2) is 7.19. The Morgan fingerprint density at radius 1 is 1.27 bits per heavy atom. The Kier molecular flexibility index (Phi) is 5.29. The maximum atomic E-state index is 12.2. The van der Waals surface area contributed by atoms with Gasteiger partial charge in [-0.1, -0.05) is 18.2 Å². The summed E-state index contributed by atoms with van der Waals surface area (Å²) in [4.78, 5) is 12.2. The van der Waals surface area contributed by atoms with E-state index in [-0.39, 0.29) is 24.7 Å². The Bertz CT molecular complexity index is 726. The van der Waals surface area contributed by atoms with E-state index >= 15 is 0 Å². The number of aromatic amines is 1. The first kappa shape index (κ1) is 16.2. The minimum absolute atomic E-state index is 0.0181. The maximum absolute atomic E-state index is 12.2. The molecule has 0 atom stereocenters. The first-order valence-electron chi connectivity index (χ1n) is 6.87. The molecule has 0 aliphatic rings. The lowest BCUT2D eigenvalue weighted by Gasteiger charge is -2.09. The standard InChI is InChI=1S/C14H18N4O3S/c1-2-22(20,21)18-8-7-15-14(19)13-6-4-3-5-12(13)11-9-16-17-10-11/h3-6,9-10,18H,2,7-8H2,1H3,(H,15,19)(H,16,17). The van der Waals surface area contributed by atoms with Gasteiger partial charge in [-0.3, -0.25) is 9.89 Å². The number of sulfonamides is 1. The summed E-state index contributed by atoms with van der Waals surface area (Å²) in [6, 6.07) is 7.17. The Labute approximate surface area is 129 Å². The maximum Gasteiger partial charge on any atom is 0.251 e. The van der Waals surface area contributed by atoms with Crippen LogP contribution in [0.1, 0.15) is 17.3 Å². The van der Waals surface area contributed by atoms with Crippen LogP contribution < -0.4 is 10.0 Å². The highest BCUT2D eigenvalue weighted by molar-refractivity contribution is 7.89. The molecule has 3 N–H and O–H groups in total. The molecular formula is C14H18N4O3S. The van der Waals surface area contributed by atoms with Gasteiger partial charge in [0, 0.05) is 30.4 Å². The predicted molar refractivity (Wildman–Crippen MR) is 83.8 cm³/mol. The fourth-order valence-corrected chi connectivity index (χ4v) is 2.53. The lowest BCUT2D eigenvalue weighted by Crippen LogP contribution is -2.35. The minimum atomic E-state index is -3.24. The molecule has 22 heavy (non-hydrogen) atoms. The number of H-pyrrole nitrogens is 1. The topological polar surface area (TPSA) is 104 Å². The van der Waals surface area contributed by atoms with Crippen LogP contribution in [0.2, 0.25) is 0 Å². The molecule has 118 valence electrons. The van der Waals surface area contributed by atoms with Crippen LogP contribution in [0.3, 0.4) is 0 Å². The first-order valence-corrected chi connectivity index (χ1v) is 8.52. The van der Waals surface area contributed by atoms with Crippen LogP contribution in [-0.2, 0) is 10.0 Å². The molecule has 1 heterocycles. The second-order valence-corrected chi connectivity index (χ2v) is 6.68. The fourth-order valence-electron chi connectivity index (χ4n) is 1.91. The number of rotatable bonds is 7. The second-order valence-electron chi connectivity index (χ2n) is 4.59. The number of carbonyl (C=O) groups is 1. The number of nitrogens with one attached hydrogen (secondary N) is 3. The summed E-state index contributed by atoms with van der Waals surface area (Å²) >= 11 is 0. The number of nitrogens with zero attached hydrogens (tertiary/aromatic N) is 1. The number of hydrogen-bond acceptors (Lipinski definition) is 4. The van der Waals surface area contributed by atoms with E-state index in [1.807, 2.05) is 12.1 Å². The normalized spacial score (nSPS) is 11.3. The summed E-state index contributed by atoms with van der Waals surface area (Å²) in [7, 11) is -3.24. The van der Waals surface area contributed by atoms with E-state index in [1.54, 1.807) is 31.5 Å². The van der Waals surface area contributed by atoms with Crippen molar-refractivity contribution in [3.05, 3.63) is 42.2 Å². The van der Waals surface area contributed by atoms with Gasteiger partial charge in [0.15, 0.2) is 0 Å². The molecule has 1 aromatic carbocycles. The molecule has 1 amide bonds. The SMILES string of the molecule is CCS(=O)(=O)NCCNC(=O)c1ccccc1-c1cn[nH]c1. The largest absolute Gasteiger partial charge is 0.351 e. The molecule has 0 saturated heterocycles. The Morgan fingerprint density at radius 2 is 2.05 bits per heavy atom. The number of aromatic nitrogens is 2. The highest BCUT2D eigenvalue weighted by Gasteiger charge is 2.13. The summed E-state index contributed by atoms with van der Waals surface area (Å²) in [5.41, 5.74) is 2.10. The summed E-state index contributed by atoms with van der Waals surface area (Å²) in [6.07, 6.45) is 3.35. The molecule has 0 radical (unpaired) electrons. The van der Waals surface area contributed by atoms with Crippen LogP contribution in [0.5, 0.6) is 0 Å². The molecule has 1 aromatic heterocycles. The van der Waals surface area contributed by atoms with E-state index in [2.05, 4.69) is 20.2 Å². The molecule has 0 aliphatic carbocycles. The highest BCUT2D eigenvalue weighted by atomic mass is 32.2. The van der Waals surface area contributed by atoms with Gasteiger partial charge in [0.1, 0.15) is 0 Å². The quantitative estimate of drug-likeness (QED) is 0.654. The molecule has 0 saturated carbocycles. The highest BCUT2D eigenvalue weighted by Crippen LogP contribution is 2.22. The van der Waals surface area contributed by atoms with Crippen molar-refractivity contribution in [3.63, 3.8) is 0 Å². The van der Waals surface area contributed by atoms with Gasteiger partial charge in [0.2, 0.25) is 10.0 Å². The molecule has 2 rings (SSSR count). The lowest BCUT2D eigenvalue weighted by atomic mass is 10.0. The zero-order valence-electron chi connectivity index (χ0n) is 12.2. The average molecular weight is 322 g/mol. The Hall–Kier alpha value is -2.19. The van der Waals surface area contributed by atoms with Crippen molar-refractivity contribution in [2.45, 2.75) is 6.92 Å². The third-order valence-electron chi connectivity index (χ3n) is 3.09. The van der Waals surface area contributed by atoms with Crippen molar-refractivity contribution in [2.24, 2.45) is 0 Å². The van der Waals surface area contributed by atoms with E-state index in [1.165, 1.54) is 0 Å². The van der Waals surface area contributed by atoms with E-state index < -0.39 is 10.0 Å². The third-order valence-corrected chi connectivity index (χ3v) is 4.50. The first-order chi connectivity index (χ1) is 10.5. The van der Waals surface area contributed by atoms with Crippen LogP contribution in [-0.4, -0.2) is 43.4 Å². The Balaban J connectivity index is 1.99. The van der Waals surface area contributed by atoms with Crippen molar-refractivity contribution in [3.8, 4) is 11.1 Å². The summed E-state index contributed by atoms with van der Waals surface area (Å²) in [5, 5.41) is 9.29. The molecular weight excluding hydrogens is 304 g/mol. The summed E-state index contributed by atoms with van der Waals surface area (Å²) in [6.45, 7) is 1.94. The molecule has 0 fully saturated rings. The third kappa shape index (κ3) is 4.15. The van der Waals surface area contributed by atoms with Crippen molar-refractivity contribution in [1.29, 1.82) is 0 Å². The van der Waals surface area contributed by atoms with Gasteiger partial charge in [0.25, 0.3) is 5.91 Å². The number of amides is 1. The molecule has 2 aromatic rings. The van der Waals surface area contributed by atoms with Gasteiger partial charge >= 0.3 is 0 Å². The minimum Gasteiger partial charge on any atom is -0.351 e. The van der Waals surface area contributed by atoms with E-state index in [0.29, 0.717) is 5.56 Å². The molecule has 0 aliphatic heterocycles. The molecule has 7 nitrogen and oxygen atoms in total. The van der Waals surface area contributed by atoms with Gasteiger partial charge < -0.3 is 5.32 Å². The van der Waals surface area contributed by atoms with E-state index in [0.717, 1.165) is 11.1 Å². The summed E-state index contributed by atoms with van der Waals surface area (Å²) < 4.78 is 25.0. The number of benzene rings is 1. The van der Waals surface area contributed by atoms with Crippen molar-refractivity contribution in [1.82, 2.24) is 20.2 Å². The van der Waals surface area contributed by atoms with Crippen LogP contribution in [0, 0.1) is 0 Å². The van der Waals surface area contributed by atoms with Gasteiger partial charge in [-0.25, -0.2) is 13.1 Å². The zero-order valence-corrected chi connectivity index (χ0v) is 13.0. The van der Waals surface area contributed by atoms with Crippen LogP contribution >= 0.6 is 0 Å². The monoisotopic (exact) mass is 322 g/mol. The average Bonchev–Trinajstić information content (AvgIpc) is 3.05. The van der Waals surface area contributed by atoms with E-state index in [9.17, 15) is 13.2 Å². The fraction of sp³-hybridized carbons (Fsp3) is 0.286. The molecule has 0 bridgehead atoms. The van der Waals surface area contributed by atoms with Gasteiger partial charge in [-0.05, 0) is 18.6 Å². The zero-order chi connectivity index (χ0) is 16.0. The number of hydrogen-bond donors (Lipinski definition) is 3. The predicted octanol–water partition coefficient (Wildman–Crippen LogP) is 0.746.